The molecule has 8 heteroatoms. The van der Waals surface area contributed by atoms with E-state index in [0.717, 1.165) is 0 Å². The van der Waals surface area contributed by atoms with Crippen LogP contribution >= 0.6 is 0 Å². The summed E-state index contributed by atoms with van der Waals surface area (Å²) in [6.45, 7) is 1.47. The molecule has 0 fully saturated rings. The average molecular weight is 295 g/mol. The lowest BCUT2D eigenvalue weighted by Crippen LogP contribution is -2.41. The zero-order valence-corrected chi connectivity index (χ0v) is 10.9. The molecular weight excluding hydrogens is 279 g/mol. The molecule has 0 radical (unpaired) electrons. The third-order valence-electron chi connectivity index (χ3n) is 2.48. The van der Waals surface area contributed by atoms with Crippen LogP contribution in [0, 0.1) is 0 Å². The van der Waals surface area contributed by atoms with Gasteiger partial charge in [0.2, 0.25) is 5.91 Å². The van der Waals surface area contributed by atoms with E-state index in [2.05, 4.69) is 5.32 Å². The lowest BCUT2D eigenvalue weighted by molar-refractivity contribution is -0.145. The predicted octanol–water partition coefficient (Wildman–Crippen LogP) is 1.33. The maximum atomic E-state index is 11.9. The molecule has 0 unspecified atom stereocenters. The van der Waals surface area contributed by atoms with Crippen molar-refractivity contribution in [2.75, 3.05) is 13.2 Å². The summed E-state index contributed by atoms with van der Waals surface area (Å²) in [5.74, 6) is -1.11. The Kier molecular flexibility index (Phi) is 6.00. The smallest absolute Gasteiger partial charge is 0.389 e. The first-order chi connectivity index (χ1) is 9.26. The number of carbonyl (C=O) groups is 2. The van der Waals surface area contributed by atoms with Gasteiger partial charge in [0.1, 0.15) is 12.7 Å². The van der Waals surface area contributed by atoms with Gasteiger partial charge in [-0.3, -0.25) is 9.59 Å². The summed E-state index contributed by atoms with van der Waals surface area (Å²) >= 11 is 0. The number of nitrogens with one attached hydrogen (secondary N) is 1. The van der Waals surface area contributed by atoms with Gasteiger partial charge in [-0.2, -0.15) is 13.2 Å². The molecule has 1 N–H and O–H groups in total. The number of carbonyl (C=O) groups excluding carboxylic acids is 2. The van der Waals surface area contributed by atoms with Crippen LogP contribution in [0.5, 0.6) is 0 Å². The SMILES string of the molecule is CC(=O)OC[C@H]1C=C[C@@H](NC(=O)CCC(F)(F)F)CO1. The Labute approximate surface area is 114 Å². The Hall–Kier alpha value is -1.57. The van der Waals surface area contributed by atoms with E-state index in [4.69, 9.17) is 9.47 Å². The van der Waals surface area contributed by atoms with E-state index in [0.29, 0.717) is 0 Å². The average Bonchev–Trinajstić information content (AvgIpc) is 2.35. The van der Waals surface area contributed by atoms with Gasteiger partial charge in [-0.1, -0.05) is 12.2 Å². The molecule has 0 aromatic heterocycles. The van der Waals surface area contributed by atoms with Crippen molar-refractivity contribution in [1.29, 1.82) is 0 Å². The third-order valence-corrected chi connectivity index (χ3v) is 2.48. The summed E-state index contributed by atoms with van der Waals surface area (Å²) in [4.78, 5) is 21.9. The van der Waals surface area contributed by atoms with Crippen molar-refractivity contribution in [1.82, 2.24) is 5.32 Å². The number of amides is 1. The van der Waals surface area contributed by atoms with Crippen LogP contribution in [-0.2, 0) is 19.1 Å². The zero-order chi connectivity index (χ0) is 15.2. The summed E-state index contributed by atoms with van der Waals surface area (Å²) in [7, 11) is 0. The minimum Gasteiger partial charge on any atom is -0.463 e. The van der Waals surface area contributed by atoms with E-state index >= 15 is 0 Å². The molecule has 0 spiro atoms. The minimum atomic E-state index is -4.34. The van der Waals surface area contributed by atoms with Crippen LogP contribution in [0.15, 0.2) is 12.2 Å². The molecule has 20 heavy (non-hydrogen) atoms. The summed E-state index contributed by atoms with van der Waals surface area (Å²) < 4.78 is 45.8. The second-order valence-electron chi connectivity index (χ2n) is 4.35. The normalized spacial score (nSPS) is 22.4. The van der Waals surface area contributed by atoms with Crippen molar-refractivity contribution in [3.8, 4) is 0 Å². The maximum absolute atomic E-state index is 11.9. The first-order valence-corrected chi connectivity index (χ1v) is 6.05. The Bertz CT molecular complexity index is 381. The second-order valence-corrected chi connectivity index (χ2v) is 4.35. The molecule has 0 saturated carbocycles. The first-order valence-electron chi connectivity index (χ1n) is 6.05. The molecule has 0 aromatic carbocycles. The van der Waals surface area contributed by atoms with Crippen LogP contribution in [0.1, 0.15) is 19.8 Å². The summed E-state index contributed by atoms with van der Waals surface area (Å²) in [6.07, 6.45) is -3.28. The number of ether oxygens (including phenoxy) is 2. The van der Waals surface area contributed by atoms with Crippen LogP contribution in [-0.4, -0.2) is 43.4 Å². The van der Waals surface area contributed by atoms with Gasteiger partial charge in [0.05, 0.1) is 19.1 Å². The molecule has 1 amide bonds. The van der Waals surface area contributed by atoms with E-state index in [-0.39, 0.29) is 13.2 Å². The van der Waals surface area contributed by atoms with Crippen molar-refractivity contribution in [3.63, 3.8) is 0 Å². The number of rotatable bonds is 5. The van der Waals surface area contributed by atoms with E-state index in [1.807, 2.05) is 0 Å². The largest absolute Gasteiger partial charge is 0.463 e. The molecule has 1 aliphatic heterocycles. The topological polar surface area (TPSA) is 64.6 Å². The highest BCUT2D eigenvalue weighted by atomic mass is 19.4. The van der Waals surface area contributed by atoms with E-state index in [1.54, 1.807) is 12.2 Å². The second kappa shape index (κ2) is 7.28. The molecule has 1 heterocycles. The zero-order valence-electron chi connectivity index (χ0n) is 10.9. The van der Waals surface area contributed by atoms with Gasteiger partial charge in [-0.25, -0.2) is 0 Å². The number of hydrogen-bond acceptors (Lipinski definition) is 4. The predicted molar refractivity (Wildman–Crippen MR) is 62.7 cm³/mol. The number of esters is 1. The fraction of sp³-hybridized carbons (Fsp3) is 0.667. The van der Waals surface area contributed by atoms with Crippen LogP contribution in [0.2, 0.25) is 0 Å². The van der Waals surface area contributed by atoms with Crippen LogP contribution in [0.3, 0.4) is 0 Å². The quantitative estimate of drug-likeness (QED) is 0.614. The van der Waals surface area contributed by atoms with Gasteiger partial charge in [0.15, 0.2) is 0 Å². The van der Waals surface area contributed by atoms with Crippen molar-refractivity contribution < 1.29 is 32.2 Å². The van der Waals surface area contributed by atoms with Gasteiger partial charge in [-0.15, -0.1) is 0 Å². The Morgan fingerprint density at radius 3 is 2.60 bits per heavy atom. The van der Waals surface area contributed by atoms with Crippen LogP contribution in [0.25, 0.3) is 0 Å². The van der Waals surface area contributed by atoms with Crippen LogP contribution in [0.4, 0.5) is 13.2 Å². The summed E-state index contributed by atoms with van der Waals surface area (Å²) in [6, 6.07) is -0.468. The molecule has 0 bridgehead atoms. The first kappa shape index (κ1) is 16.5. The highest BCUT2D eigenvalue weighted by Gasteiger charge is 2.28. The van der Waals surface area contributed by atoms with Gasteiger partial charge < -0.3 is 14.8 Å². The summed E-state index contributed by atoms with van der Waals surface area (Å²) in [5.41, 5.74) is 0. The molecule has 1 rings (SSSR count). The lowest BCUT2D eigenvalue weighted by atomic mass is 10.2. The highest BCUT2D eigenvalue weighted by Crippen LogP contribution is 2.21. The molecular formula is C12H16F3NO4. The number of alkyl halides is 3. The van der Waals surface area contributed by atoms with Crippen molar-refractivity contribution >= 4 is 11.9 Å². The Morgan fingerprint density at radius 1 is 1.40 bits per heavy atom. The molecule has 5 nitrogen and oxygen atoms in total. The number of halogens is 3. The molecule has 0 saturated heterocycles. The standard InChI is InChI=1S/C12H16F3NO4/c1-8(17)19-7-10-3-2-9(6-20-10)16-11(18)4-5-12(13,14)15/h2-3,9-10H,4-7H2,1H3,(H,16,18)/t9-,10-/m1/s1. The monoisotopic (exact) mass is 295 g/mol. The summed E-state index contributed by atoms with van der Waals surface area (Å²) in [5, 5.41) is 2.42. The van der Waals surface area contributed by atoms with Crippen LogP contribution < -0.4 is 5.32 Å². The van der Waals surface area contributed by atoms with Crippen molar-refractivity contribution in [2.45, 2.75) is 38.1 Å². The molecule has 2 atom stereocenters. The van der Waals surface area contributed by atoms with Crippen molar-refractivity contribution in [2.24, 2.45) is 0 Å². The number of hydrogen-bond donors (Lipinski definition) is 1. The maximum Gasteiger partial charge on any atom is 0.389 e. The molecule has 0 aliphatic carbocycles. The lowest BCUT2D eigenvalue weighted by Gasteiger charge is -2.24. The van der Waals surface area contributed by atoms with E-state index in [1.165, 1.54) is 6.92 Å². The van der Waals surface area contributed by atoms with E-state index < -0.39 is 43.0 Å². The van der Waals surface area contributed by atoms with Crippen molar-refractivity contribution in [3.05, 3.63) is 12.2 Å². The van der Waals surface area contributed by atoms with Gasteiger partial charge in [0, 0.05) is 13.3 Å². The highest BCUT2D eigenvalue weighted by molar-refractivity contribution is 5.76. The van der Waals surface area contributed by atoms with Gasteiger partial charge in [0.25, 0.3) is 0 Å². The molecule has 1 aliphatic rings. The van der Waals surface area contributed by atoms with Gasteiger partial charge >= 0.3 is 12.1 Å². The Morgan fingerprint density at radius 2 is 2.10 bits per heavy atom. The molecule has 114 valence electrons. The fourth-order valence-electron chi connectivity index (χ4n) is 1.52. The fourth-order valence-corrected chi connectivity index (χ4v) is 1.52. The molecule has 0 aromatic rings. The minimum absolute atomic E-state index is 0.0700. The van der Waals surface area contributed by atoms with Gasteiger partial charge in [-0.05, 0) is 0 Å². The van der Waals surface area contributed by atoms with E-state index in [9.17, 15) is 22.8 Å². The third kappa shape index (κ3) is 7.13. The Balaban J connectivity index is 2.28.